The molecule has 2 aliphatic rings. The molecular formula is C17H24ClN3OS. The Morgan fingerprint density at radius 1 is 1.26 bits per heavy atom. The second-order valence-corrected chi connectivity index (χ2v) is 7.87. The molecule has 2 amide bonds. The molecule has 1 atom stereocenters. The van der Waals surface area contributed by atoms with E-state index in [1.54, 1.807) is 12.1 Å². The monoisotopic (exact) mass is 353 g/mol. The number of piperidine rings is 1. The molecule has 2 heterocycles. The molecule has 2 N–H and O–H groups in total. The number of amides is 2. The van der Waals surface area contributed by atoms with Gasteiger partial charge >= 0.3 is 6.03 Å². The van der Waals surface area contributed by atoms with Gasteiger partial charge in [0, 0.05) is 18.3 Å². The van der Waals surface area contributed by atoms with Crippen molar-refractivity contribution in [2.45, 2.75) is 25.3 Å². The molecule has 1 aromatic carbocycles. The van der Waals surface area contributed by atoms with Crippen LogP contribution in [0.2, 0.25) is 5.02 Å². The molecule has 6 heteroatoms. The summed E-state index contributed by atoms with van der Waals surface area (Å²) in [5.74, 6) is 3.19. The van der Waals surface area contributed by atoms with E-state index >= 15 is 0 Å². The first-order valence-corrected chi connectivity index (χ1v) is 9.87. The van der Waals surface area contributed by atoms with Crippen molar-refractivity contribution in [2.75, 3.05) is 36.5 Å². The summed E-state index contributed by atoms with van der Waals surface area (Å²) in [7, 11) is 0. The zero-order valence-electron chi connectivity index (χ0n) is 13.3. The van der Waals surface area contributed by atoms with Crippen molar-refractivity contribution >= 4 is 35.1 Å². The van der Waals surface area contributed by atoms with E-state index in [1.165, 1.54) is 43.9 Å². The van der Waals surface area contributed by atoms with Gasteiger partial charge in [0.25, 0.3) is 0 Å². The molecule has 2 aliphatic heterocycles. The molecule has 3 rings (SSSR count). The molecule has 2 fully saturated rings. The number of anilines is 1. The maximum atomic E-state index is 12.0. The highest BCUT2D eigenvalue weighted by Gasteiger charge is 2.27. The lowest BCUT2D eigenvalue weighted by molar-refractivity contribution is 0.143. The summed E-state index contributed by atoms with van der Waals surface area (Å²) in [6, 6.07) is 7.90. The number of hydrogen-bond donors (Lipinski definition) is 2. The molecule has 1 unspecified atom stereocenters. The number of likely N-dealkylation sites (tertiary alicyclic amines) is 1. The highest BCUT2D eigenvalue weighted by Crippen LogP contribution is 2.26. The van der Waals surface area contributed by atoms with Crippen molar-refractivity contribution in [3.05, 3.63) is 29.3 Å². The molecule has 4 nitrogen and oxygen atoms in total. The zero-order valence-corrected chi connectivity index (χ0v) is 14.8. The maximum Gasteiger partial charge on any atom is 0.319 e. The minimum absolute atomic E-state index is 0.173. The Labute approximate surface area is 147 Å². The van der Waals surface area contributed by atoms with Crippen molar-refractivity contribution in [2.24, 2.45) is 5.92 Å². The van der Waals surface area contributed by atoms with Gasteiger partial charge in [-0.1, -0.05) is 23.7 Å². The Kier molecular flexibility index (Phi) is 6.08. The second-order valence-electron chi connectivity index (χ2n) is 6.31. The predicted octanol–water partition coefficient (Wildman–Crippen LogP) is 3.68. The number of para-hydroxylation sites is 1. The first-order valence-electron chi connectivity index (χ1n) is 8.33. The first-order chi connectivity index (χ1) is 11.2. The summed E-state index contributed by atoms with van der Waals surface area (Å²) in [6.45, 7) is 3.08. The Bertz CT molecular complexity index is 528. The van der Waals surface area contributed by atoms with Gasteiger partial charge in [-0.2, -0.15) is 11.8 Å². The second kappa shape index (κ2) is 8.27. The summed E-state index contributed by atoms with van der Waals surface area (Å²) in [4.78, 5) is 14.6. The number of carbonyl (C=O) groups is 1. The van der Waals surface area contributed by atoms with Crippen LogP contribution in [-0.4, -0.2) is 48.1 Å². The molecule has 0 radical (unpaired) electrons. The highest BCUT2D eigenvalue weighted by atomic mass is 35.5. The third kappa shape index (κ3) is 4.78. The number of hydrogen-bond acceptors (Lipinski definition) is 3. The van der Waals surface area contributed by atoms with Crippen LogP contribution < -0.4 is 10.6 Å². The van der Waals surface area contributed by atoms with Crippen LogP contribution in [0.5, 0.6) is 0 Å². The number of nitrogens with zero attached hydrogens (tertiary/aromatic N) is 1. The van der Waals surface area contributed by atoms with Crippen LogP contribution in [0.4, 0.5) is 10.5 Å². The SMILES string of the molecule is O=C(NCC1CCN(C2CCSC2)CC1)Nc1ccccc1Cl. The van der Waals surface area contributed by atoms with Crippen molar-refractivity contribution in [1.82, 2.24) is 10.2 Å². The van der Waals surface area contributed by atoms with Crippen molar-refractivity contribution < 1.29 is 4.79 Å². The van der Waals surface area contributed by atoms with Crippen molar-refractivity contribution in [3.63, 3.8) is 0 Å². The van der Waals surface area contributed by atoms with Gasteiger partial charge in [-0.15, -0.1) is 0 Å². The molecule has 0 aliphatic carbocycles. The van der Waals surface area contributed by atoms with Gasteiger partial charge < -0.3 is 10.6 Å². The van der Waals surface area contributed by atoms with E-state index in [0.717, 1.165) is 12.6 Å². The maximum absolute atomic E-state index is 12.0. The molecule has 23 heavy (non-hydrogen) atoms. The lowest BCUT2D eigenvalue weighted by Crippen LogP contribution is -2.44. The van der Waals surface area contributed by atoms with Crippen LogP contribution >= 0.6 is 23.4 Å². The van der Waals surface area contributed by atoms with E-state index in [0.29, 0.717) is 16.6 Å². The van der Waals surface area contributed by atoms with Gasteiger partial charge in [-0.25, -0.2) is 4.79 Å². The van der Waals surface area contributed by atoms with Crippen molar-refractivity contribution in [3.8, 4) is 0 Å². The Morgan fingerprint density at radius 2 is 2.04 bits per heavy atom. The summed E-state index contributed by atoms with van der Waals surface area (Å²) in [5, 5.41) is 6.35. The van der Waals surface area contributed by atoms with Crippen LogP contribution in [0.3, 0.4) is 0 Å². The van der Waals surface area contributed by atoms with Crippen LogP contribution in [0.1, 0.15) is 19.3 Å². The van der Waals surface area contributed by atoms with Crippen LogP contribution in [0.15, 0.2) is 24.3 Å². The summed E-state index contributed by atoms with van der Waals surface area (Å²) in [5.41, 5.74) is 0.653. The van der Waals surface area contributed by atoms with E-state index in [1.807, 2.05) is 12.1 Å². The smallest absolute Gasteiger partial charge is 0.319 e. The molecule has 0 aromatic heterocycles. The lowest BCUT2D eigenvalue weighted by Gasteiger charge is -2.35. The number of carbonyl (C=O) groups excluding carboxylic acids is 1. The Hall–Kier alpha value is -0.910. The molecule has 0 bridgehead atoms. The topological polar surface area (TPSA) is 44.4 Å². The predicted molar refractivity (Wildman–Crippen MR) is 98.5 cm³/mol. The molecule has 0 spiro atoms. The quantitative estimate of drug-likeness (QED) is 0.867. The number of thioether (sulfide) groups is 1. The average Bonchev–Trinajstić information content (AvgIpc) is 3.10. The Morgan fingerprint density at radius 3 is 2.74 bits per heavy atom. The summed E-state index contributed by atoms with van der Waals surface area (Å²) >= 11 is 8.12. The van der Waals surface area contributed by atoms with Crippen molar-refractivity contribution in [1.29, 1.82) is 0 Å². The van der Waals surface area contributed by atoms with Gasteiger partial charge in [0.05, 0.1) is 10.7 Å². The first kappa shape index (κ1) is 16.9. The van der Waals surface area contributed by atoms with E-state index < -0.39 is 0 Å². The number of rotatable bonds is 4. The zero-order chi connectivity index (χ0) is 16.1. The number of urea groups is 1. The Balaban J connectivity index is 1.38. The van der Waals surface area contributed by atoms with E-state index in [9.17, 15) is 4.79 Å². The van der Waals surface area contributed by atoms with E-state index in [-0.39, 0.29) is 6.03 Å². The van der Waals surface area contributed by atoms with Gasteiger partial charge in [0.1, 0.15) is 0 Å². The van der Waals surface area contributed by atoms with Crippen LogP contribution in [0, 0.1) is 5.92 Å². The fraction of sp³-hybridized carbons (Fsp3) is 0.588. The third-order valence-corrected chi connectivity index (χ3v) is 6.22. The van der Waals surface area contributed by atoms with Gasteiger partial charge in [0.15, 0.2) is 0 Å². The van der Waals surface area contributed by atoms with Gasteiger partial charge in [-0.3, -0.25) is 4.90 Å². The summed E-state index contributed by atoms with van der Waals surface area (Å²) < 4.78 is 0. The molecule has 126 valence electrons. The summed E-state index contributed by atoms with van der Waals surface area (Å²) in [6.07, 6.45) is 3.69. The molecule has 2 saturated heterocycles. The fourth-order valence-electron chi connectivity index (χ4n) is 3.30. The average molecular weight is 354 g/mol. The normalized spacial score (nSPS) is 22.9. The van der Waals surface area contributed by atoms with E-state index in [4.69, 9.17) is 11.6 Å². The number of benzene rings is 1. The largest absolute Gasteiger partial charge is 0.338 e. The van der Waals surface area contributed by atoms with Crippen LogP contribution in [0.25, 0.3) is 0 Å². The fourth-order valence-corrected chi connectivity index (χ4v) is 4.74. The van der Waals surface area contributed by atoms with E-state index in [2.05, 4.69) is 27.3 Å². The lowest BCUT2D eigenvalue weighted by atomic mass is 9.95. The third-order valence-electron chi connectivity index (χ3n) is 4.74. The van der Waals surface area contributed by atoms with Crippen LogP contribution in [-0.2, 0) is 0 Å². The minimum atomic E-state index is -0.173. The molecule has 0 saturated carbocycles. The van der Waals surface area contributed by atoms with Gasteiger partial charge in [-0.05, 0) is 56.2 Å². The molecular weight excluding hydrogens is 330 g/mol. The number of halogens is 1. The van der Waals surface area contributed by atoms with Gasteiger partial charge in [0.2, 0.25) is 0 Å². The minimum Gasteiger partial charge on any atom is -0.338 e. The molecule has 1 aromatic rings. The standard InChI is InChI=1S/C17H24ClN3OS/c18-15-3-1-2-4-16(15)20-17(22)19-11-13-5-8-21(9-6-13)14-7-10-23-12-14/h1-4,13-14H,5-12H2,(H2,19,20,22). The highest BCUT2D eigenvalue weighted by molar-refractivity contribution is 7.99. The number of nitrogens with one attached hydrogen (secondary N) is 2.